The molecule has 0 spiro atoms. The summed E-state index contributed by atoms with van der Waals surface area (Å²) in [6, 6.07) is 13.3. The molecule has 0 saturated heterocycles. The fourth-order valence-corrected chi connectivity index (χ4v) is 2.14. The number of carbonyl (C=O) groups excluding carboxylic acids is 1. The van der Waals surface area contributed by atoms with Crippen LogP contribution in [0.4, 0.5) is 5.69 Å². The highest BCUT2D eigenvalue weighted by atomic mass is 79.9. The molecule has 0 bridgehead atoms. The number of ether oxygens (including phenoxy) is 1. The summed E-state index contributed by atoms with van der Waals surface area (Å²) in [6.07, 6.45) is -0.561. The van der Waals surface area contributed by atoms with Crippen LogP contribution in [0.1, 0.15) is 18.1 Å². The second-order valence-corrected chi connectivity index (χ2v) is 5.87. The molecule has 1 N–H and O–H groups in total. The molecule has 110 valence electrons. The highest BCUT2D eigenvalue weighted by Gasteiger charge is 2.16. The average Bonchev–Trinajstić information content (AvgIpc) is 2.46. The molecule has 2 aromatic carbocycles. The van der Waals surface area contributed by atoms with E-state index in [-0.39, 0.29) is 5.91 Å². The van der Waals surface area contributed by atoms with E-state index < -0.39 is 6.10 Å². The summed E-state index contributed by atoms with van der Waals surface area (Å²) in [7, 11) is 0. The molecular weight excluding hydrogens is 330 g/mol. The molecular formula is C17H18BrNO2. The molecule has 0 fully saturated rings. The van der Waals surface area contributed by atoms with Crippen molar-refractivity contribution in [2.45, 2.75) is 26.9 Å². The van der Waals surface area contributed by atoms with E-state index >= 15 is 0 Å². The zero-order valence-corrected chi connectivity index (χ0v) is 13.9. The molecule has 1 unspecified atom stereocenters. The predicted molar refractivity (Wildman–Crippen MR) is 88.8 cm³/mol. The topological polar surface area (TPSA) is 38.3 Å². The number of anilines is 1. The van der Waals surface area contributed by atoms with Crippen molar-refractivity contribution >= 4 is 27.5 Å². The van der Waals surface area contributed by atoms with Gasteiger partial charge >= 0.3 is 0 Å². The zero-order valence-electron chi connectivity index (χ0n) is 12.3. The summed E-state index contributed by atoms with van der Waals surface area (Å²) in [6.45, 7) is 5.76. The first-order chi connectivity index (χ1) is 9.97. The largest absolute Gasteiger partial charge is 0.481 e. The first-order valence-electron chi connectivity index (χ1n) is 6.76. The predicted octanol–water partition coefficient (Wildman–Crippen LogP) is 4.47. The maximum absolute atomic E-state index is 12.2. The van der Waals surface area contributed by atoms with E-state index in [1.165, 1.54) is 0 Å². The summed E-state index contributed by atoms with van der Waals surface area (Å²) < 4.78 is 6.73. The van der Waals surface area contributed by atoms with E-state index in [9.17, 15) is 4.79 Å². The van der Waals surface area contributed by atoms with Gasteiger partial charge in [-0.15, -0.1) is 0 Å². The van der Waals surface area contributed by atoms with Gasteiger partial charge < -0.3 is 10.1 Å². The average molecular weight is 348 g/mol. The van der Waals surface area contributed by atoms with Gasteiger partial charge in [-0.2, -0.15) is 0 Å². The molecule has 0 aliphatic rings. The monoisotopic (exact) mass is 347 g/mol. The minimum atomic E-state index is -0.561. The highest BCUT2D eigenvalue weighted by molar-refractivity contribution is 9.10. The Balaban J connectivity index is 2.02. The van der Waals surface area contributed by atoms with Crippen molar-refractivity contribution in [3.63, 3.8) is 0 Å². The molecule has 21 heavy (non-hydrogen) atoms. The van der Waals surface area contributed by atoms with Gasteiger partial charge in [0.2, 0.25) is 0 Å². The fourth-order valence-electron chi connectivity index (χ4n) is 1.87. The van der Waals surface area contributed by atoms with Gasteiger partial charge in [0, 0.05) is 10.2 Å². The lowest BCUT2D eigenvalue weighted by atomic mass is 10.1. The van der Waals surface area contributed by atoms with E-state index in [1.54, 1.807) is 6.92 Å². The van der Waals surface area contributed by atoms with Crippen LogP contribution in [0.15, 0.2) is 46.9 Å². The Morgan fingerprint density at radius 2 is 1.81 bits per heavy atom. The Kier molecular flexibility index (Phi) is 5.02. The third-order valence-corrected chi connectivity index (χ3v) is 3.87. The van der Waals surface area contributed by atoms with Gasteiger partial charge in [0.05, 0.1) is 0 Å². The Hall–Kier alpha value is -1.81. The smallest absolute Gasteiger partial charge is 0.265 e. The Labute approximate surface area is 133 Å². The molecule has 0 heterocycles. The van der Waals surface area contributed by atoms with Crippen LogP contribution in [-0.2, 0) is 4.79 Å². The van der Waals surface area contributed by atoms with E-state index in [2.05, 4.69) is 21.2 Å². The lowest BCUT2D eigenvalue weighted by Gasteiger charge is -2.17. The van der Waals surface area contributed by atoms with Crippen molar-refractivity contribution in [2.75, 3.05) is 5.32 Å². The molecule has 0 aliphatic carbocycles. The number of carbonyl (C=O) groups is 1. The van der Waals surface area contributed by atoms with Gasteiger partial charge in [-0.3, -0.25) is 4.79 Å². The van der Waals surface area contributed by atoms with Crippen LogP contribution >= 0.6 is 15.9 Å². The van der Waals surface area contributed by atoms with Crippen molar-refractivity contribution in [2.24, 2.45) is 0 Å². The van der Waals surface area contributed by atoms with Crippen molar-refractivity contribution in [1.29, 1.82) is 0 Å². The summed E-state index contributed by atoms with van der Waals surface area (Å²) in [5.74, 6) is 0.576. The summed E-state index contributed by atoms with van der Waals surface area (Å²) in [5.41, 5.74) is 2.95. The van der Waals surface area contributed by atoms with Crippen LogP contribution < -0.4 is 10.1 Å². The van der Waals surface area contributed by atoms with Crippen LogP contribution in [0.5, 0.6) is 5.75 Å². The second kappa shape index (κ2) is 6.76. The molecule has 1 amide bonds. The quantitative estimate of drug-likeness (QED) is 0.885. The normalized spacial score (nSPS) is 11.8. The number of hydrogen-bond donors (Lipinski definition) is 1. The molecule has 0 radical (unpaired) electrons. The maximum atomic E-state index is 12.2. The number of aryl methyl sites for hydroxylation is 1. The first-order valence-corrected chi connectivity index (χ1v) is 7.56. The van der Waals surface area contributed by atoms with Crippen LogP contribution in [0, 0.1) is 13.8 Å². The lowest BCUT2D eigenvalue weighted by Crippen LogP contribution is -2.30. The summed E-state index contributed by atoms with van der Waals surface area (Å²) in [4.78, 5) is 12.2. The standard InChI is InChI=1S/C17H18BrNO2/c1-11-5-4-6-16(12(11)2)21-13(3)17(20)19-15-9-7-14(18)8-10-15/h4-10,13H,1-3H3,(H,19,20). The molecule has 0 aliphatic heterocycles. The molecule has 4 heteroatoms. The molecule has 3 nitrogen and oxygen atoms in total. The molecule has 0 saturated carbocycles. The molecule has 2 aromatic rings. The Morgan fingerprint density at radius 3 is 2.48 bits per heavy atom. The Bertz CT molecular complexity index is 638. The highest BCUT2D eigenvalue weighted by Crippen LogP contribution is 2.22. The van der Waals surface area contributed by atoms with Gasteiger partial charge in [-0.05, 0) is 62.2 Å². The third kappa shape index (κ3) is 4.08. The number of halogens is 1. The van der Waals surface area contributed by atoms with Crippen molar-refractivity contribution in [3.8, 4) is 5.75 Å². The number of nitrogens with one attached hydrogen (secondary N) is 1. The van der Waals surface area contributed by atoms with Crippen LogP contribution in [0.3, 0.4) is 0 Å². The summed E-state index contributed by atoms with van der Waals surface area (Å²) in [5, 5.41) is 2.84. The third-order valence-electron chi connectivity index (χ3n) is 3.34. The summed E-state index contributed by atoms with van der Waals surface area (Å²) >= 11 is 3.36. The Morgan fingerprint density at radius 1 is 1.14 bits per heavy atom. The molecule has 2 rings (SSSR count). The molecule has 0 aromatic heterocycles. The van der Waals surface area contributed by atoms with Gasteiger partial charge in [0.1, 0.15) is 5.75 Å². The van der Waals surface area contributed by atoms with E-state index in [1.807, 2.05) is 56.3 Å². The second-order valence-electron chi connectivity index (χ2n) is 4.95. The number of amides is 1. The first kappa shape index (κ1) is 15.6. The number of hydrogen-bond acceptors (Lipinski definition) is 2. The van der Waals surface area contributed by atoms with Crippen LogP contribution in [0.25, 0.3) is 0 Å². The van der Waals surface area contributed by atoms with Crippen molar-refractivity contribution in [3.05, 3.63) is 58.1 Å². The van der Waals surface area contributed by atoms with Crippen LogP contribution in [0.2, 0.25) is 0 Å². The SMILES string of the molecule is Cc1cccc(OC(C)C(=O)Nc2ccc(Br)cc2)c1C. The van der Waals surface area contributed by atoms with Gasteiger partial charge in [-0.25, -0.2) is 0 Å². The minimum absolute atomic E-state index is 0.168. The van der Waals surface area contributed by atoms with E-state index in [0.29, 0.717) is 0 Å². The van der Waals surface area contributed by atoms with E-state index in [0.717, 1.165) is 27.0 Å². The van der Waals surface area contributed by atoms with Gasteiger partial charge in [0.25, 0.3) is 5.91 Å². The minimum Gasteiger partial charge on any atom is -0.481 e. The van der Waals surface area contributed by atoms with Crippen LogP contribution in [-0.4, -0.2) is 12.0 Å². The van der Waals surface area contributed by atoms with E-state index in [4.69, 9.17) is 4.74 Å². The lowest BCUT2D eigenvalue weighted by molar-refractivity contribution is -0.122. The van der Waals surface area contributed by atoms with Crippen molar-refractivity contribution < 1.29 is 9.53 Å². The fraction of sp³-hybridized carbons (Fsp3) is 0.235. The number of rotatable bonds is 4. The van der Waals surface area contributed by atoms with Gasteiger partial charge in [-0.1, -0.05) is 28.1 Å². The maximum Gasteiger partial charge on any atom is 0.265 e. The molecule has 1 atom stereocenters. The van der Waals surface area contributed by atoms with Gasteiger partial charge in [0.15, 0.2) is 6.10 Å². The van der Waals surface area contributed by atoms with Crippen molar-refractivity contribution in [1.82, 2.24) is 0 Å². The zero-order chi connectivity index (χ0) is 15.4. The number of benzene rings is 2.